The van der Waals surface area contributed by atoms with E-state index >= 15 is 0 Å². The van der Waals surface area contributed by atoms with Crippen LogP contribution in [0.1, 0.15) is 6.92 Å². The molecule has 21 heavy (non-hydrogen) atoms. The summed E-state index contributed by atoms with van der Waals surface area (Å²) < 4.78 is 2.88. The summed E-state index contributed by atoms with van der Waals surface area (Å²) in [5, 5.41) is 5.92. The molecule has 3 N–H and O–H groups in total. The molecule has 0 bridgehead atoms. The normalized spacial score (nSPS) is 11.9. The molecule has 0 fully saturated rings. The summed E-state index contributed by atoms with van der Waals surface area (Å²) in [6, 6.07) is 8.62. The molecular weight excluding hydrogens is 328 g/mol. The van der Waals surface area contributed by atoms with Gasteiger partial charge >= 0.3 is 6.03 Å². The fourth-order valence-electron chi connectivity index (χ4n) is 1.47. The molecule has 1 aromatic carbocycles. The molecular formula is C12H12N4O2S3. The third kappa shape index (κ3) is 4.13. The van der Waals surface area contributed by atoms with Gasteiger partial charge in [0, 0.05) is 0 Å². The van der Waals surface area contributed by atoms with Gasteiger partial charge < -0.3 is 5.73 Å². The van der Waals surface area contributed by atoms with E-state index in [4.69, 9.17) is 18.0 Å². The van der Waals surface area contributed by atoms with Crippen molar-refractivity contribution in [3.63, 3.8) is 0 Å². The average molecular weight is 340 g/mol. The monoisotopic (exact) mass is 340 g/mol. The van der Waals surface area contributed by atoms with Gasteiger partial charge in [-0.05, 0) is 31.3 Å². The zero-order chi connectivity index (χ0) is 15.4. The van der Waals surface area contributed by atoms with E-state index in [-0.39, 0.29) is 0 Å². The number of nitrogens with one attached hydrogen (secondary N) is 1. The molecule has 1 heterocycles. The number of para-hydroxylation sites is 1. The molecule has 110 valence electrons. The minimum absolute atomic E-state index is 0.458. The first-order valence-electron chi connectivity index (χ1n) is 5.90. The van der Waals surface area contributed by atoms with Crippen LogP contribution in [-0.2, 0) is 4.79 Å². The average Bonchev–Trinajstić information content (AvgIpc) is 2.79. The summed E-state index contributed by atoms with van der Waals surface area (Å²) >= 11 is 7.80. The van der Waals surface area contributed by atoms with Crippen LogP contribution in [-0.4, -0.2) is 27.0 Å². The van der Waals surface area contributed by atoms with Crippen LogP contribution in [0.4, 0.5) is 4.79 Å². The number of benzene rings is 1. The Morgan fingerprint density at radius 2 is 2.10 bits per heavy atom. The number of nitrogens with zero attached hydrogens (tertiary/aromatic N) is 2. The Kier molecular flexibility index (Phi) is 5.10. The zero-order valence-electron chi connectivity index (χ0n) is 11.0. The molecule has 0 aliphatic rings. The quantitative estimate of drug-likeness (QED) is 0.658. The van der Waals surface area contributed by atoms with Crippen molar-refractivity contribution in [1.29, 1.82) is 0 Å². The maximum absolute atomic E-state index is 11.6. The van der Waals surface area contributed by atoms with Crippen molar-refractivity contribution < 1.29 is 9.59 Å². The van der Waals surface area contributed by atoms with Gasteiger partial charge in [0.25, 0.3) is 0 Å². The largest absolute Gasteiger partial charge is 0.351 e. The van der Waals surface area contributed by atoms with E-state index in [1.165, 1.54) is 23.1 Å². The standard InChI is InChI=1S/C12H12N4O2S3/c1-7(9(17)14-10(13)18)20-11-15-16(12(19)21-11)8-5-3-2-4-6-8/h2-7H,1H3,(H3,13,14,17,18)/t7-/m0/s1. The van der Waals surface area contributed by atoms with Crippen molar-refractivity contribution in [2.75, 3.05) is 0 Å². The van der Waals surface area contributed by atoms with E-state index in [9.17, 15) is 9.59 Å². The number of carbonyl (C=O) groups excluding carboxylic acids is 2. The van der Waals surface area contributed by atoms with Crippen LogP contribution in [0.25, 0.3) is 5.69 Å². The topological polar surface area (TPSA) is 90.0 Å². The number of hydrogen-bond acceptors (Lipinski definition) is 6. The molecule has 2 aromatic rings. The van der Waals surface area contributed by atoms with Gasteiger partial charge in [0.2, 0.25) is 5.91 Å². The number of amides is 3. The van der Waals surface area contributed by atoms with Crippen LogP contribution in [0.2, 0.25) is 0 Å². The lowest BCUT2D eigenvalue weighted by Crippen LogP contribution is -2.39. The molecule has 0 saturated carbocycles. The van der Waals surface area contributed by atoms with Gasteiger partial charge in [-0.3, -0.25) is 10.1 Å². The molecule has 0 aliphatic heterocycles. The van der Waals surface area contributed by atoms with Gasteiger partial charge in [0.1, 0.15) is 0 Å². The van der Waals surface area contributed by atoms with E-state index in [1.54, 1.807) is 11.6 Å². The molecule has 6 nitrogen and oxygen atoms in total. The van der Waals surface area contributed by atoms with Gasteiger partial charge in [0.15, 0.2) is 8.29 Å². The fourth-order valence-corrected chi connectivity index (χ4v) is 3.97. The lowest BCUT2D eigenvalue weighted by Gasteiger charge is -2.07. The van der Waals surface area contributed by atoms with Crippen LogP contribution >= 0.6 is 35.3 Å². The highest BCUT2D eigenvalue weighted by molar-refractivity contribution is 8.02. The first kappa shape index (κ1) is 15.7. The fraction of sp³-hybridized carbons (Fsp3) is 0.167. The van der Waals surface area contributed by atoms with E-state index in [0.29, 0.717) is 8.29 Å². The van der Waals surface area contributed by atoms with E-state index in [0.717, 1.165) is 5.69 Å². The van der Waals surface area contributed by atoms with Crippen LogP contribution < -0.4 is 11.1 Å². The molecule has 1 atom stereocenters. The van der Waals surface area contributed by atoms with Crippen LogP contribution in [0.15, 0.2) is 34.7 Å². The second-order valence-electron chi connectivity index (χ2n) is 3.99. The minimum Gasteiger partial charge on any atom is -0.351 e. The Morgan fingerprint density at radius 1 is 1.43 bits per heavy atom. The Bertz CT molecular complexity index is 711. The summed E-state index contributed by atoms with van der Waals surface area (Å²) in [5.41, 5.74) is 5.78. The number of urea groups is 1. The van der Waals surface area contributed by atoms with Gasteiger partial charge in [0.05, 0.1) is 10.9 Å². The highest BCUT2D eigenvalue weighted by Gasteiger charge is 2.18. The SMILES string of the molecule is C[C@H](Sc1nn(-c2ccccc2)c(=S)s1)C(=O)NC(N)=O. The molecule has 0 spiro atoms. The van der Waals surface area contributed by atoms with Gasteiger partial charge in [-0.2, -0.15) is 0 Å². The Balaban J connectivity index is 2.15. The van der Waals surface area contributed by atoms with Crippen molar-refractivity contribution in [3.8, 4) is 5.69 Å². The lowest BCUT2D eigenvalue weighted by atomic mass is 10.3. The van der Waals surface area contributed by atoms with Crippen molar-refractivity contribution >= 4 is 47.3 Å². The van der Waals surface area contributed by atoms with Crippen molar-refractivity contribution in [1.82, 2.24) is 15.1 Å². The Labute approximate surface area is 134 Å². The van der Waals surface area contributed by atoms with E-state index < -0.39 is 17.2 Å². The minimum atomic E-state index is -0.866. The van der Waals surface area contributed by atoms with Crippen molar-refractivity contribution in [2.45, 2.75) is 16.5 Å². The number of aromatic nitrogens is 2. The number of primary amides is 1. The second-order valence-corrected chi connectivity index (χ2v) is 7.21. The summed E-state index contributed by atoms with van der Waals surface area (Å²) in [4.78, 5) is 22.3. The predicted molar refractivity (Wildman–Crippen MR) is 85.3 cm³/mol. The maximum Gasteiger partial charge on any atom is 0.318 e. The molecule has 0 unspecified atom stereocenters. The Hall–Kier alpha value is -1.71. The third-order valence-electron chi connectivity index (χ3n) is 2.42. The van der Waals surface area contributed by atoms with Crippen molar-refractivity contribution in [2.24, 2.45) is 5.73 Å². The first-order valence-corrected chi connectivity index (χ1v) is 8.00. The van der Waals surface area contributed by atoms with Crippen LogP contribution in [0.3, 0.4) is 0 Å². The number of carbonyl (C=O) groups is 2. The zero-order valence-corrected chi connectivity index (χ0v) is 13.4. The molecule has 0 aliphatic carbocycles. The van der Waals surface area contributed by atoms with E-state index in [2.05, 4.69) is 5.10 Å². The molecule has 0 radical (unpaired) electrons. The highest BCUT2D eigenvalue weighted by atomic mass is 32.2. The van der Waals surface area contributed by atoms with Gasteiger partial charge in [-0.1, -0.05) is 41.3 Å². The van der Waals surface area contributed by atoms with Crippen LogP contribution in [0, 0.1) is 3.95 Å². The summed E-state index contributed by atoms with van der Waals surface area (Å²) in [6.45, 7) is 1.67. The van der Waals surface area contributed by atoms with Crippen LogP contribution in [0.5, 0.6) is 0 Å². The number of rotatable bonds is 4. The summed E-state index contributed by atoms with van der Waals surface area (Å²) in [6.07, 6.45) is 0. The third-order valence-corrected chi connectivity index (χ3v) is 4.84. The van der Waals surface area contributed by atoms with Crippen molar-refractivity contribution in [3.05, 3.63) is 34.3 Å². The molecule has 3 amide bonds. The smallest absolute Gasteiger partial charge is 0.318 e. The number of imide groups is 1. The second kappa shape index (κ2) is 6.83. The maximum atomic E-state index is 11.6. The predicted octanol–water partition coefficient (Wildman–Crippen LogP) is 2.34. The molecule has 9 heteroatoms. The Morgan fingerprint density at radius 3 is 2.71 bits per heavy atom. The number of nitrogens with two attached hydrogens (primary N) is 1. The molecule has 2 rings (SSSR count). The van der Waals surface area contributed by atoms with Gasteiger partial charge in [-0.25, -0.2) is 9.48 Å². The lowest BCUT2D eigenvalue weighted by molar-refractivity contribution is -0.119. The molecule has 1 aromatic heterocycles. The van der Waals surface area contributed by atoms with Gasteiger partial charge in [-0.15, -0.1) is 5.10 Å². The van der Waals surface area contributed by atoms with E-state index in [1.807, 2.05) is 35.6 Å². The highest BCUT2D eigenvalue weighted by Crippen LogP contribution is 2.27. The summed E-state index contributed by atoms with van der Waals surface area (Å²) in [7, 11) is 0. The number of thioether (sulfide) groups is 1. The summed E-state index contributed by atoms with van der Waals surface area (Å²) in [5.74, 6) is -0.458. The first-order chi connectivity index (χ1) is 9.97. The number of hydrogen-bond donors (Lipinski definition) is 2. The molecule has 0 saturated heterocycles.